The third-order valence-electron chi connectivity index (χ3n) is 3.71. The molecule has 142 valence electrons. The van der Waals surface area contributed by atoms with Gasteiger partial charge in [-0.15, -0.1) is 0 Å². The third kappa shape index (κ3) is 3.59. The predicted molar refractivity (Wildman–Crippen MR) is 93.2 cm³/mol. The number of esters is 1. The molecule has 0 unspecified atom stereocenters. The molecule has 0 saturated heterocycles. The van der Waals surface area contributed by atoms with Crippen LogP contribution in [0.4, 0.5) is 15.9 Å². The number of aromatic nitrogens is 3. The number of nitrogens with zero attached hydrogens (tertiary/aromatic N) is 3. The smallest absolute Gasteiger partial charge is 0.343 e. The van der Waals surface area contributed by atoms with Gasteiger partial charge in [-0.2, -0.15) is 18.0 Å². The maximum atomic E-state index is 13.4. The van der Waals surface area contributed by atoms with Crippen molar-refractivity contribution in [3.05, 3.63) is 47.5 Å². The molecule has 0 fully saturated rings. The van der Waals surface area contributed by atoms with Crippen LogP contribution in [0.15, 0.2) is 35.5 Å². The van der Waals surface area contributed by atoms with Crippen LogP contribution in [0.25, 0.3) is 5.65 Å². The van der Waals surface area contributed by atoms with E-state index in [1.807, 2.05) is 0 Å². The zero-order valence-electron chi connectivity index (χ0n) is 14.3. The Morgan fingerprint density at radius 1 is 1.37 bits per heavy atom. The molecule has 2 heterocycles. The number of anilines is 2. The summed E-state index contributed by atoms with van der Waals surface area (Å²) in [5.74, 6) is -1.09. The van der Waals surface area contributed by atoms with E-state index in [0.717, 1.165) is 16.9 Å². The number of carbonyl (C=O) groups is 1. The molecule has 2 aromatic heterocycles. The zero-order valence-corrected chi connectivity index (χ0v) is 15.1. The number of carbonyl (C=O) groups excluding carboxylic acids is 1. The highest BCUT2D eigenvalue weighted by Crippen LogP contribution is 2.27. The monoisotopic (exact) mass is 394 g/mol. The summed E-state index contributed by atoms with van der Waals surface area (Å²) in [5, 5.41) is 6.83. The number of ether oxygens (including phenoxy) is 1. The number of hydrogen-bond acceptors (Lipinski definition) is 7. The summed E-state index contributed by atoms with van der Waals surface area (Å²) in [4.78, 5) is 15.7. The Bertz CT molecular complexity index is 1140. The Morgan fingerprint density at radius 3 is 2.74 bits per heavy atom. The summed E-state index contributed by atoms with van der Waals surface area (Å²) in [6.45, 7) is 3.40. The lowest BCUT2D eigenvalue weighted by atomic mass is 10.2. The summed E-state index contributed by atoms with van der Waals surface area (Å²) in [6.07, 6.45) is 2.03. The van der Waals surface area contributed by atoms with Crippen molar-refractivity contribution < 1.29 is 26.9 Å². The number of halogens is 1. The number of fused-ring (bicyclic) bond motifs is 1. The van der Waals surface area contributed by atoms with Crippen molar-refractivity contribution in [2.45, 2.75) is 18.7 Å². The average Bonchev–Trinajstić information content (AvgIpc) is 3.02. The second-order valence-electron chi connectivity index (χ2n) is 5.54. The second-order valence-corrected chi connectivity index (χ2v) is 6.93. The fourth-order valence-corrected chi connectivity index (χ4v) is 3.02. The topological polar surface area (TPSA) is 123 Å². The van der Waals surface area contributed by atoms with Crippen LogP contribution in [0.1, 0.15) is 22.8 Å². The van der Waals surface area contributed by atoms with Gasteiger partial charge < -0.3 is 10.1 Å². The lowest BCUT2D eigenvalue weighted by Crippen LogP contribution is -2.13. The number of rotatable bonds is 5. The Labute approximate surface area is 153 Å². The molecule has 0 amide bonds. The number of nitrogens with one attached hydrogen (secondary N) is 1. The third-order valence-corrected chi connectivity index (χ3v) is 4.55. The molecule has 0 aliphatic carbocycles. The van der Waals surface area contributed by atoms with E-state index >= 15 is 0 Å². The van der Waals surface area contributed by atoms with E-state index < -0.39 is 26.8 Å². The summed E-state index contributed by atoms with van der Waals surface area (Å²) in [6, 6.07) is 3.97. The van der Waals surface area contributed by atoms with Gasteiger partial charge in [0, 0.05) is 11.9 Å². The molecule has 1 aromatic carbocycles. The molecule has 9 nitrogen and oxygen atoms in total. The van der Waals surface area contributed by atoms with Gasteiger partial charge in [-0.3, -0.25) is 4.55 Å². The molecule has 27 heavy (non-hydrogen) atoms. The van der Waals surface area contributed by atoms with E-state index in [4.69, 9.17) is 4.74 Å². The first-order valence-electron chi connectivity index (χ1n) is 7.77. The lowest BCUT2D eigenvalue weighted by molar-refractivity contribution is 0.0526. The highest BCUT2D eigenvalue weighted by atomic mass is 32.2. The lowest BCUT2D eigenvalue weighted by Gasteiger charge is -2.14. The first kappa shape index (κ1) is 18.7. The SMILES string of the molecule is CCOC(=O)c1cnc2c(S(=O)(=O)O)cnn2c1Nc1ccc(F)cc1C. The summed E-state index contributed by atoms with van der Waals surface area (Å²) in [5.41, 5.74) is 0.793. The summed E-state index contributed by atoms with van der Waals surface area (Å²) >= 11 is 0. The molecule has 0 atom stereocenters. The molecule has 0 bridgehead atoms. The fourth-order valence-electron chi connectivity index (χ4n) is 2.47. The molecule has 0 aliphatic heterocycles. The fraction of sp³-hybridized carbons (Fsp3) is 0.188. The van der Waals surface area contributed by atoms with E-state index in [2.05, 4.69) is 15.4 Å². The number of aryl methyl sites for hydroxylation is 1. The molecular weight excluding hydrogens is 379 g/mol. The van der Waals surface area contributed by atoms with Crippen molar-refractivity contribution in [2.24, 2.45) is 0 Å². The highest BCUT2D eigenvalue weighted by Gasteiger charge is 2.24. The Balaban J connectivity index is 2.23. The first-order valence-corrected chi connectivity index (χ1v) is 9.21. The van der Waals surface area contributed by atoms with Crippen molar-refractivity contribution in [1.29, 1.82) is 0 Å². The largest absolute Gasteiger partial charge is 0.462 e. The van der Waals surface area contributed by atoms with Gasteiger partial charge in [0.15, 0.2) is 16.4 Å². The van der Waals surface area contributed by atoms with Crippen molar-refractivity contribution >= 4 is 33.2 Å². The molecule has 3 rings (SSSR count). The van der Waals surface area contributed by atoms with Crippen molar-refractivity contribution in [3.8, 4) is 0 Å². The van der Waals surface area contributed by atoms with E-state index in [1.165, 1.54) is 18.2 Å². The van der Waals surface area contributed by atoms with Crippen LogP contribution in [0.2, 0.25) is 0 Å². The van der Waals surface area contributed by atoms with Crippen LogP contribution in [-0.2, 0) is 14.9 Å². The van der Waals surface area contributed by atoms with Gasteiger partial charge in [0.2, 0.25) is 0 Å². The minimum Gasteiger partial charge on any atom is -0.462 e. The van der Waals surface area contributed by atoms with Gasteiger partial charge in [-0.25, -0.2) is 14.2 Å². The average molecular weight is 394 g/mol. The quantitative estimate of drug-likeness (QED) is 0.499. The molecule has 0 radical (unpaired) electrons. The maximum Gasteiger partial charge on any atom is 0.343 e. The van der Waals surface area contributed by atoms with Gasteiger partial charge in [-0.1, -0.05) is 0 Å². The standard InChI is InChI=1S/C16H15FN4O5S/c1-3-26-16(22)11-7-18-15-13(27(23,24)25)8-19-21(15)14(11)20-12-5-4-10(17)6-9(12)2/h4-8,20H,3H2,1-2H3,(H,23,24,25). The van der Waals surface area contributed by atoms with Crippen molar-refractivity contribution in [1.82, 2.24) is 14.6 Å². The zero-order chi connectivity index (χ0) is 19.8. The Hall–Kier alpha value is -3.05. The molecule has 2 N–H and O–H groups in total. The normalized spacial score (nSPS) is 11.6. The van der Waals surface area contributed by atoms with E-state index in [-0.39, 0.29) is 23.6 Å². The Morgan fingerprint density at radius 2 is 2.11 bits per heavy atom. The van der Waals surface area contributed by atoms with Gasteiger partial charge >= 0.3 is 5.97 Å². The number of benzene rings is 1. The number of hydrogen-bond donors (Lipinski definition) is 2. The molecule has 0 saturated carbocycles. The van der Waals surface area contributed by atoms with Crippen molar-refractivity contribution in [3.63, 3.8) is 0 Å². The maximum absolute atomic E-state index is 13.4. The van der Waals surface area contributed by atoms with E-state index in [1.54, 1.807) is 13.8 Å². The van der Waals surface area contributed by atoms with Gasteiger partial charge in [-0.05, 0) is 37.6 Å². The second kappa shape index (κ2) is 6.93. The summed E-state index contributed by atoms with van der Waals surface area (Å²) < 4.78 is 51.7. The van der Waals surface area contributed by atoms with E-state index in [9.17, 15) is 22.2 Å². The van der Waals surface area contributed by atoms with E-state index in [0.29, 0.717) is 11.3 Å². The minimum atomic E-state index is -4.57. The van der Waals surface area contributed by atoms with Gasteiger partial charge in [0.05, 0.1) is 12.8 Å². The van der Waals surface area contributed by atoms with Crippen LogP contribution >= 0.6 is 0 Å². The van der Waals surface area contributed by atoms with Crippen LogP contribution in [0.3, 0.4) is 0 Å². The summed E-state index contributed by atoms with van der Waals surface area (Å²) in [7, 11) is -4.57. The van der Waals surface area contributed by atoms with Crippen LogP contribution in [-0.4, -0.2) is 40.1 Å². The van der Waals surface area contributed by atoms with Gasteiger partial charge in [0.25, 0.3) is 10.1 Å². The van der Waals surface area contributed by atoms with Crippen LogP contribution < -0.4 is 5.32 Å². The van der Waals surface area contributed by atoms with Crippen LogP contribution in [0, 0.1) is 12.7 Å². The molecule has 11 heteroatoms. The minimum absolute atomic E-state index is 0.0157. The molecule has 3 aromatic rings. The van der Waals surface area contributed by atoms with Crippen molar-refractivity contribution in [2.75, 3.05) is 11.9 Å². The molecule has 0 spiro atoms. The van der Waals surface area contributed by atoms with Gasteiger partial charge in [0.1, 0.15) is 11.4 Å². The Kier molecular flexibility index (Phi) is 4.81. The highest BCUT2D eigenvalue weighted by molar-refractivity contribution is 7.86. The predicted octanol–water partition coefficient (Wildman–Crippen LogP) is 2.34. The first-order chi connectivity index (χ1) is 12.7. The van der Waals surface area contributed by atoms with Crippen LogP contribution in [0.5, 0.6) is 0 Å². The molecular formula is C16H15FN4O5S. The molecule has 0 aliphatic rings.